The second-order valence-electron chi connectivity index (χ2n) is 11.9. The Morgan fingerprint density at radius 1 is 0.794 bits per heavy atom. The van der Waals surface area contributed by atoms with Gasteiger partial charge in [0.25, 0.3) is 0 Å². The van der Waals surface area contributed by atoms with Crippen molar-refractivity contribution >= 4 is 0 Å². The van der Waals surface area contributed by atoms with Gasteiger partial charge in [-0.1, -0.05) is 63.3 Å². The molecular weight excluding hydrogens is 422 g/mol. The minimum atomic E-state index is -0.604. The molecule has 0 radical (unpaired) electrons. The predicted molar refractivity (Wildman–Crippen MR) is 140 cm³/mol. The van der Waals surface area contributed by atoms with Gasteiger partial charge >= 0.3 is 0 Å². The molecule has 4 rings (SSSR count). The Labute approximate surface area is 208 Å². The van der Waals surface area contributed by atoms with Gasteiger partial charge in [-0.05, 0) is 124 Å². The molecule has 3 saturated carbocycles. The van der Waals surface area contributed by atoms with Crippen molar-refractivity contribution < 1.29 is 8.78 Å². The fourth-order valence-corrected chi connectivity index (χ4v) is 7.82. The van der Waals surface area contributed by atoms with E-state index in [1.165, 1.54) is 77.0 Å². The number of aryl methyl sites for hydroxylation is 1. The molecule has 0 bridgehead atoms. The van der Waals surface area contributed by atoms with Gasteiger partial charge in [0.2, 0.25) is 0 Å². The van der Waals surface area contributed by atoms with E-state index >= 15 is 0 Å². The molecular formula is C32H48F2. The third kappa shape index (κ3) is 6.33. The highest BCUT2D eigenvalue weighted by atomic mass is 19.2. The first-order valence-electron chi connectivity index (χ1n) is 14.7. The Bertz CT molecular complexity index is 788. The van der Waals surface area contributed by atoms with Gasteiger partial charge in [0, 0.05) is 0 Å². The van der Waals surface area contributed by atoms with E-state index in [0.29, 0.717) is 17.5 Å². The molecule has 1 aromatic rings. The summed E-state index contributed by atoms with van der Waals surface area (Å²) in [5.41, 5.74) is 1.15. The van der Waals surface area contributed by atoms with Gasteiger partial charge in [-0.15, -0.1) is 0 Å². The second-order valence-corrected chi connectivity index (χ2v) is 11.9. The minimum absolute atomic E-state index is 0.199. The summed E-state index contributed by atoms with van der Waals surface area (Å²) in [5, 5.41) is 0. The SMILES string of the molecule is C/C=C/CCc1ccc(C2CCC(C3CCC4CC(CCCCC)CCC4C3)CC2)c(F)c1F. The Balaban J connectivity index is 1.26. The molecule has 0 aromatic heterocycles. The van der Waals surface area contributed by atoms with Gasteiger partial charge in [-0.25, -0.2) is 8.78 Å². The van der Waals surface area contributed by atoms with Crippen molar-refractivity contribution in [3.05, 3.63) is 47.0 Å². The number of hydrogen-bond acceptors (Lipinski definition) is 0. The zero-order valence-corrected chi connectivity index (χ0v) is 21.8. The molecule has 190 valence electrons. The van der Waals surface area contributed by atoms with Crippen molar-refractivity contribution in [3.63, 3.8) is 0 Å². The third-order valence-electron chi connectivity index (χ3n) is 9.86. The van der Waals surface area contributed by atoms with E-state index in [0.717, 1.165) is 48.9 Å². The molecule has 4 unspecified atom stereocenters. The Morgan fingerprint density at radius 3 is 2.21 bits per heavy atom. The minimum Gasteiger partial charge on any atom is -0.203 e. The van der Waals surface area contributed by atoms with Gasteiger partial charge in [0.15, 0.2) is 11.6 Å². The highest BCUT2D eigenvalue weighted by molar-refractivity contribution is 5.29. The van der Waals surface area contributed by atoms with Crippen LogP contribution >= 0.6 is 0 Å². The fraction of sp³-hybridized carbons (Fsp3) is 0.750. The van der Waals surface area contributed by atoms with Crippen molar-refractivity contribution in [1.29, 1.82) is 0 Å². The standard InChI is InChI=1S/C32H48F2/c1-3-5-7-9-23-11-12-29-22-28(18-17-27(29)21-23)24-13-15-25(16-14-24)30-20-19-26(10-8-6-4-2)31(33)32(30)34/h4,6,19-20,23-25,27-29H,3,5,7-18,21-22H2,1-2H3/b6-4+. The average Bonchev–Trinajstić information content (AvgIpc) is 2.87. The van der Waals surface area contributed by atoms with Crippen LogP contribution in [0.3, 0.4) is 0 Å². The van der Waals surface area contributed by atoms with E-state index in [2.05, 4.69) is 6.92 Å². The van der Waals surface area contributed by atoms with Crippen LogP contribution in [-0.2, 0) is 6.42 Å². The predicted octanol–water partition coefficient (Wildman–Crippen LogP) is 10.2. The molecule has 0 N–H and O–H groups in total. The molecule has 4 atom stereocenters. The summed E-state index contributed by atoms with van der Waals surface area (Å²) in [7, 11) is 0. The maximum absolute atomic E-state index is 14.9. The number of fused-ring (bicyclic) bond motifs is 1. The van der Waals surface area contributed by atoms with Crippen LogP contribution in [0.4, 0.5) is 8.78 Å². The maximum Gasteiger partial charge on any atom is 0.162 e. The third-order valence-corrected chi connectivity index (χ3v) is 9.86. The highest BCUT2D eigenvalue weighted by Crippen LogP contribution is 2.50. The Kier molecular flexibility index (Phi) is 9.66. The molecule has 0 spiro atoms. The van der Waals surface area contributed by atoms with E-state index in [4.69, 9.17) is 0 Å². The number of allylic oxidation sites excluding steroid dienone is 2. The van der Waals surface area contributed by atoms with Crippen LogP contribution in [0.25, 0.3) is 0 Å². The Morgan fingerprint density at radius 2 is 1.47 bits per heavy atom. The van der Waals surface area contributed by atoms with Gasteiger partial charge in [0.05, 0.1) is 0 Å². The molecule has 1 aromatic carbocycles. The lowest BCUT2D eigenvalue weighted by molar-refractivity contribution is 0.0612. The van der Waals surface area contributed by atoms with Crippen LogP contribution in [0.1, 0.15) is 127 Å². The highest BCUT2D eigenvalue weighted by Gasteiger charge is 2.39. The summed E-state index contributed by atoms with van der Waals surface area (Å²) >= 11 is 0. The number of benzene rings is 1. The van der Waals surface area contributed by atoms with E-state index in [1.54, 1.807) is 0 Å². The molecule has 3 fully saturated rings. The number of hydrogen-bond donors (Lipinski definition) is 0. The average molecular weight is 471 g/mol. The van der Waals surface area contributed by atoms with Crippen molar-refractivity contribution in [2.45, 2.75) is 122 Å². The zero-order valence-electron chi connectivity index (χ0n) is 21.8. The largest absolute Gasteiger partial charge is 0.203 e. The summed E-state index contributed by atoms with van der Waals surface area (Å²) in [6, 6.07) is 3.72. The summed E-state index contributed by atoms with van der Waals surface area (Å²) in [6.45, 7) is 4.27. The number of unbranched alkanes of at least 4 members (excludes halogenated alkanes) is 2. The molecule has 0 saturated heterocycles. The van der Waals surface area contributed by atoms with Crippen molar-refractivity contribution in [1.82, 2.24) is 0 Å². The normalized spacial score (nSPS) is 32.1. The topological polar surface area (TPSA) is 0 Å². The van der Waals surface area contributed by atoms with Crippen LogP contribution in [0.2, 0.25) is 0 Å². The maximum atomic E-state index is 14.9. The quantitative estimate of drug-likeness (QED) is 0.249. The van der Waals surface area contributed by atoms with Crippen molar-refractivity contribution in [2.75, 3.05) is 0 Å². The molecule has 0 amide bonds. The zero-order chi connectivity index (χ0) is 23.9. The Hall–Kier alpha value is -1.18. The van der Waals surface area contributed by atoms with Crippen LogP contribution in [-0.4, -0.2) is 0 Å². The van der Waals surface area contributed by atoms with Crippen molar-refractivity contribution in [2.24, 2.45) is 29.6 Å². The molecule has 0 nitrogen and oxygen atoms in total. The van der Waals surface area contributed by atoms with Crippen LogP contribution in [0.5, 0.6) is 0 Å². The van der Waals surface area contributed by atoms with Crippen LogP contribution in [0.15, 0.2) is 24.3 Å². The second kappa shape index (κ2) is 12.7. The monoisotopic (exact) mass is 470 g/mol. The van der Waals surface area contributed by atoms with Gasteiger partial charge in [-0.3, -0.25) is 0 Å². The van der Waals surface area contributed by atoms with E-state index < -0.39 is 11.6 Å². The summed E-state index contributed by atoms with van der Waals surface area (Å²) in [4.78, 5) is 0. The summed E-state index contributed by atoms with van der Waals surface area (Å²) in [6.07, 6.45) is 24.2. The smallest absolute Gasteiger partial charge is 0.162 e. The lowest BCUT2D eigenvalue weighted by Gasteiger charge is -2.45. The molecule has 2 heteroatoms. The van der Waals surface area contributed by atoms with Gasteiger partial charge in [-0.2, -0.15) is 0 Å². The first-order valence-corrected chi connectivity index (χ1v) is 14.7. The first kappa shape index (κ1) is 25.9. The first-order chi connectivity index (χ1) is 16.6. The number of rotatable bonds is 9. The summed E-state index contributed by atoms with van der Waals surface area (Å²) < 4.78 is 29.6. The number of halogens is 2. The molecule has 34 heavy (non-hydrogen) atoms. The van der Waals surface area contributed by atoms with Crippen LogP contribution < -0.4 is 0 Å². The summed E-state index contributed by atoms with van der Waals surface area (Å²) in [5.74, 6) is 3.69. The van der Waals surface area contributed by atoms with E-state index in [9.17, 15) is 8.78 Å². The fourth-order valence-electron chi connectivity index (χ4n) is 7.82. The van der Waals surface area contributed by atoms with Gasteiger partial charge < -0.3 is 0 Å². The lowest BCUT2D eigenvalue weighted by atomic mass is 9.60. The van der Waals surface area contributed by atoms with Crippen LogP contribution in [0, 0.1) is 41.2 Å². The molecule has 3 aliphatic carbocycles. The lowest BCUT2D eigenvalue weighted by Crippen LogP contribution is -2.34. The van der Waals surface area contributed by atoms with E-state index in [1.807, 2.05) is 31.2 Å². The molecule has 0 aliphatic heterocycles. The van der Waals surface area contributed by atoms with Gasteiger partial charge in [0.1, 0.15) is 0 Å². The van der Waals surface area contributed by atoms with Crippen molar-refractivity contribution in [3.8, 4) is 0 Å². The molecule has 0 heterocycles. The van der Waals surface area contributed by atoms with E-state index in [-0.39, 0.29) is 5.92 Å². The molecule has 3 aliphatic rings.